The van der Waals surface area contributed by atoms with Crippen molar-refractivity contribution in [2.75, 3.05) is 11.1 Å². The van der Waals surface area contributed by atoms with Gasteiger partial charge in [-0.25, -0.2) is 0 Å². The van der Waals surface area contributed by atoms with E-state index >= 15 is 0 Å². The minimum absolute atomic E-state index is 0.329. The Hall–Kier alpha value is -3.26. The number of carbonyl (C=O) groups is 1. The number of nitrogen functional groups attached to an aromatic ring is 1. The van der Waals surface area contributed by atoms with Crippen LogP contribution in [0.25, 0.3) is 0 Å². The van der Waals surface area contributed by atoms with Gasteiger partial charge in [0.05, 0.1) is 17.7 Å². The molecule has 3 N–H and O–H groups in total. The van der Waals surface area contributed by atoms with Gasteiger partial charge in [-0.2, -0.15) is 13.2 Å². The minimum atomic E-state index is -4.61. The quantitative estimate of drug-likeness (QED) is 0.528. The number of amides is 1. The zero-order valence-corrected chi connectivity index (χ0v) is 15.2. The van der Waals surface area contributed by atoms with Crippen LogP contribution in [0.15, 0.2) is 66.7 Å². The van der Waals surface area contributed by atoms with Crippen molar-refractivity contribution in [3.63, 3.8) is 0 Å². The van der Waals surface area contributed by atoms with Crippen LogP contribution >= 0.6 is 0 Å². The zero-order valence-electron chi connectivity index (χ0n) is 15.2. The molecule has 1 aliphatic heterocycles. The average molecular weight is 396 g/mol. The second kappa shape index (κ2) is 7.29. The number of anilines is 2. The Morgan fingerprint density at radius 1 is 1.03 bits per heavy atom. The fraction of sp³-hybridized carbons (Fsp3) is 0.0952. The summed E-state index contributed by atoms with van der Waals surface area (Å²) in [6.07, 6.45) is -4.61. The Bertz CT molecular complexity index is 1070. The summed E-state index contributed by atoms with van der Waals surface area (Å²) in [7, 11) is 0. The van der Waals surface area contributed by atoms with Gasteiger partial charge in [-0.1, -0.05) is 30.3 Å². The van der Waals surface area contributed by atoms with Crippen LogP contribution in [0.1, 0.15) is 21.5 Å². The summed E-state index contributed by atoms with van der Waals surface area (Å²) in [5, 5.41) is 2.57. The molecule has 3 aromatic carbocycles. The Balaban J connectivity index is 1.61. The van der Waals surface area contributed by atoms with Crippen molar-refractivity contribution < 1.29 is 22.6 Å². The van der Waals surface area contributed by atoms with E-state index in [9.17, 15) is 18.0 Å². The molecule has 0 saturated heterocycles. The second-order valence-corrected chi connectivity index (χ2v) is 6.77. The van der Waals surface area contributed by atoms with Gasteiger partial charge in [-0.15, -0.1) is 0 Å². The topological polar surface area (TPSA) is 64.3 Å². The molecule has 0 radical (unpaired) electrons. The van der Waals surface area contributed by atoms with Gasteiger partial charge in [0.25, 0.3) is 5.91 Å². The van der Waals surface area contributed by atoms with Crippen molar-refractivity contribution in [1.82, 2.24) is 0 Å². The highest BCUT2D eigenvalue weighted by molar-refractivity contribution is 6.81. The van der Waals surface area contributed by atoms with Crippen LogP contribution in [0.3, 0.4) is 0 Å². The molecule has 1 amide bonds. The van der Waals surface area contributed by atoms with E-state index in [0.29, 0.717) is 18.0 Å². The first-order valence-electron chi connectivity index (χ1n) is 8.90. The van der Waals surface area contributed by atoms with Gasteiger partial charge >= 0.3 is 13.1 Å². The predicted octanol–water partition coefficient (Wildman–Crippen LogP) is 3.18. The fourth-order valence-electron chi connectivity index (χ4n) is 3.38. The van der Waals surface area contributed by atoms with E-state index < -0.39 is 23.2 Å². The van der Waals surface area contributed by atoms with Crippen molar-refractivity contribution in [2.45, 2.75) is 12.8 Å². The van der Waals surface area contributed by atoms with Gasteiger partial charge in [-0.3, -0.25) is 4.79 Å². The standard InChI is InChI=1S/C21H16BF3N2O2/c23-21(24,25)18-4-2-1-3-17(18)20(28)27-16-10-5-13-12-29-22(19(13)11-16)14-6-8-15(26)9-7-14/h1-11H,12,26H2,(H,27,28). The van der Waals surface area contributed by atoms with Crippen molar-refractivity contribution >= 4 is 35.1 Å². The van der Waals surface area contributed by atoms with Crippen LogP contribution in [-0.4, -0.2) is 12.8 Å². The van der Waals surface area contributed by atoms with Crippen LogP contribution in [0.5, 0.6) is 0 Å². The molecule has 0 bridgehead atoms. The first-order chi connectivity index (χ1) is 13.8. The summed E-state index contributed by atoms with van der Waals surface area (Å²) >= 11 is 0. The Morgan fingerprint density at radius 2 is 1.76 bits per heavy atom. The highest BCUT2D eigenvalue weighted by Crippen LogP contribution is 2.32. The average Bonchev–Trinajstić information content (AvgIpc) is 3.11. The summed E-state index contributed by atoms with van der Waals surface area (Å²) in [6, 6.07) is 17.2. The van der Waals surface area contributed by atoms with E-state index in [1.165, 1.54) is 12.1 Å². The third-order valence-electron chi connectivity index (χ3n) is 4.81. The molecule has 4 rings (SSSR count). The summed E-state index contributed by atoms with van der Waals surface area (Å²) in [4.78, 5) is 12.5. The monoisotopic (exact) mass is 396 g/mol. The molecule has 0 aliphatic carbocycles. The Labute approximate surface area is 165 Å². The summed E-state index contributed by atoms with van der Waals surface area (Å²) in [5.41, 5.74) is 8.09. The molecule has 4 nitrogen and oxygen atoms in total. The zero-order chi connectivity index (χ0) is 20.6. The second-order valence-electron chi connectivity index (χ2n) is 6.77. The smallest absolute Gasteiger partial charge is 0.417 e. The summed E-state index contributed by atoms with van der Waals surface area (Å²) < 4.78 is 45.4. The van der Waals surface area contributed by atoms with E-state index in [1.54, 1.807) is 30.3 Å². The molecule has 8 heteroatoms. The molecule has 0 saturated carbocycles. The first kappa shape index (κ1) is 19.1. The maximum absolute atomic E-state index is 13.2. The Kier molecular flexibility index (Phi) is 4.80. The lowest BCUT2D eigenvalue weighted by atomic mass is 9.56. The number of fused-ring (bicyclic) bond motifs is 1. The van der Waals surface area contributed by atoms with Gasteiger partial charge < -0.3 is 15.7 Å². The number of benzene rings is 3. The maximum Gasteiger partial charge on any atom is 0.417 e. The minimum Gasteiger partial charge on any atom is -0.423 e. The molecule has 0 spiro atoms. The van der Waals surface area contributed by atoms with Crippen LogP contribution in [-0.2, 0) is 17.4 Å². The number of hydrogen-bond acceptors (Lipinski definition) is 3. The molecule has 29 heavy (non-hydrogen) atoms. The third kappa shape index (κ3) is 3.84. The van der Waals surface area contributed by atoms with E-state index in [4.69, 9.17) is 10.4 Å². The molecular weight excluding hydrogens is 380 g/mol. The van der Waals surface area contributed by atoms with E-state index in [0.717, 1.165) is 28.6 Å². The molecular formula is C21H16BF3N2O2. The van der Waals surface area contributed by atoms with Crippen LogP contribution in [0.2, 0.25) is 0 Å². The largest absolute Gasteiger partial charge is 0.423 e. The van der Waals surface area contributed by atoms with Gasteiger partial charge in [0.2, 0.25) is 0 Å². The van der Waals surface area contributed by atoms with Crippen molar-refractivity contribution in [3.05, 3.63) is 83.4 Å². The van der Waals surface area contributed by atoms with Crippen molar-refractivity contribution in [3.8, 4) is 0 Å². The highest BCUT2D eigenvalue weighted by atomic mass is 19.4. The molecule has 0 unspecified atom stereocenters. The van der Waals surface area contributed by atoms with Gasteiger partial charge in [-0.05, 0) is 52.9 Å². The highest BCUT2D eigenvalue weighted by Gasteiger charge is 2.35. The third-order valence-corrected chi connectivity index (χ3v) is 4.81. The van der Waals surface area contributed by atoms with Gasteiger partial charge in [0.1, 0.15) is 0 Å². The summed E-state index contributed by atoms with van der Waals surface area (Å²) in [5.74, 6) is -0.819. The number of nitrogens with one attached hydrogen (secondary N) is 1. The van der Waals surface area contributed by atoms with E-state index in [-0.39, 0.29) is 6.92 Å². The van der Waals surface area contributed by atoms with Crippen molar-refractivity contribution in [1.29, 1.82) is 0 Å². The SMILES string of the molecule is Nc1ccc(B2OCc3ccc(NC(=O)c4ccccc4C(F)(F)F)cc32)cc1. The number of nitrogens with two attached hydrogens (primary N) is 1. The Morgan fingerprint density at radius 3 is 2.48 bits per heavy atom. The molecule has 1 aliphatic rings. The summed E-state index contributed by atoms with van der Waals surface area (Å²) in [6.45, 7) is 0.0834. The maximum atomic E-state index is 13.2. The predicted molar refractivity (Wildman–Crippen MR) is 107 cm³/mol. The normalized spacial score (nSPS) is 13.3. The number of alkyl halides is 3. The lowest BCUT2D eigenvalue weighted by Crippen LogP contribution is -2.41. The fourth-order valence-corrected chi connectivity index (χ4v) is 3.38. The van der Waals surface area contributed by atoms with Gasteiger partial charge in [0.15, 0.2) is 0 Å². The van der Waals surface area contributed by atoms with E-state index in [1.807, 2.05) is 12.1 Å². The van der Waals surface area contributed by atoms with Crippen molar-refractivity contribution in [2.24, 2.45) is 0 Å². The molecule has 1 heterocycles. The molecule has 146 valence electrons. The van der Waals surface area contributed by atoms with Crippen LogP contribution in [0.4, 0.5) is 24.5 Å². The number of carbonyl (C=O) groups excluding carboxylic acids is 1. The van der Waals surface area contributed by atoms with E-state index in [2.05, 4.69) is 5.32 Å². The molecule has 0 aromatic heterocycles. The molecule has 0 fully saturated rings. The number of rotatable bonds is 3. The van der Waals surface area contributed by atoms with Gasteiger partial charge in [0, 0.05) is 11.4 Å². The first-order valence-corrected chi connectivity index (χ1v) is 8.90. The molecule has 0 atom stereocenters. The van der Waals surface area contributed by atoms with Crippen LogP contribution < -0.4 is 22.0 Å². The number of hydrogen-bond donors (Lipinski definition) is 2. The lowest BCUT2D eigenvalue weighted by molar-refractivity contribution is -0.137. The number of halogens is 3. The molecule has 3 aromatic rings. The lowest BCUT2D eigenvalue weighted by Gasteiger charge is -2.13. The van der Waals surface area contributed by atoms with Crippen LogP contribution in [0, 0.1) is 0 Å².